The van der Waals surface area contributed by atoms with Crippen molar-refractivity contribution in [3.8, 4) is 0 Å². The smallest absolute Gasteiger partial charge is 0.271 e. The van der Waals surface area contributed by atoms with Gasteiger partial charge in [0.1, 0.15) is 0 Å². The van der Waals surface area contributed by atoms with Crippen molar-refractivity contribution < 1.29 is 14.5 Å². The predicted molar refractivity (Wildman–Crippen MR) is 113 cm³/mol. The number of hydrogen-bond donors (Lipinski definition) is 2. The molecule has 0 aliphatic heterocycles. The third-order valence-electron chi connectivity index (χ3n) is 4.12. The Labute approximate surface area is 172 Å². The van der Waals surface area contributed by atoms with Gasteiger partial charge in [0, 0.05) is 23.4 Å². The maximum absolute atomic E-state index is 12.2. The minimum absolute atomic E-state index is 0.0212. The highest BCUT2D eigenvalue weighted by molar-refractivity contribution is 5.96. The molecule has 30 heavy (non-hydrogen) atoms. The van der Waals surface area contributed by atoms with Crippen LogP contribution in [0.1, 0.15) is 21.5 Å². The number of nitro benzene ring substituents is 1. The van der Waals surface area contributed by atoms with Gasteiger partial charge < -0.3 is 5.32 Å². The summed E-state index contributed by atoms with van der Waals surface area (Å²) in [5.74, 6) is -0.568. The van der Waals surface area contributed by atoms with Crippen molar-refractivity contribution in [1.29, 1.82) is 0 Å². The second-order valence-electron chi connectivity index (χ2n) is 6.34. The van der Waals surface area contributed by atoms with E-state index in [9.17, 15) is 19.7 Å². The number of non-ortho nitro benzene ring substituents is 1. The topological polar surface area (TPSA) is 114 Å². The van der Waals surface area contributed by atoms with Crippen LogP contribution in [0.2, 0.25) is 0 Å². The molecule has 0 saturated heterocycles. The summed E-state index contributed by atoms with van der Waals surface area (Å²) in [7, 11) is 0. The van der Waals surface area contributed by atoms with Crippen molar-refractivity contribution in [2.24, 2.45) is 5.10 Å². The quantitative estimate of drug-likeness (QED) is 0.357. The molecule has 0 fully saturated rings. The van der Waals surface area contributed by atoms with Crippen molar-refractivity contribution in [3.63, 3.8) is 0 Å². The third kappa shape index (κ3) is 5.83. The van der Waals surface area contributed by atoms with E-state index in [0.29, 0.717) is 16.8 Å². The standard InChI is InChI=1S/C22H18N4O4/c27-21(14-16-4-2-1-3-5-16)24-19-10-8-18(9-11-19)22(28)25-23-15-17-6-12-20(13-7-17)26(29)30/h1-13,15H,14H2,(H,24,27)(H,25,28)/b23-15-. The monoisotopic (exact) mass is 402 g/mol. The van der Waals surface area contributed by atoms with Crippen LogP contribution in [0.4, 0.5) is 11.4 Å². The van der Waals surface area contributed by atoms with E-state index in [4.69, 9.17) is 0 Å². The number of benzene rings is 3. The number of anilines is 1. The van der Waals surface area contributed by atoms with Gasteiger partial charge in [-0.05, 0) is 47.5 Å². The Bertz CT molecular complexity index is 1060. The van der Waals surface area contributed by atoms with Crippen LogP contribution in [0.5, 0.6) is 0 Å². The minimum Gasteiger partial charge on any atom is -0.326 e. The van der Waals surface area contributed by atoms with Gasteiger partial charge in [0.2, 0.25) is 5.91 Å². The van der Waals surface area contributed by atoms with Crippen LogP contribution in [-0.2, 0) is 11.2 Å². The molecule has 0 spiro atoms. The van der Waals surface area contributed by atoms with Crippen LogP contribution in [0.3, 0.4) is 0 Å². The van der Waals surface area contributed by atoms with Crippen molar-refractivity contribution in [2.75, 3.05) is 5.32 Å². The summed E-state index contributed by atoms with van der Waals surface area (Å²) in [5, 5.41) is 17.3. The fraction of sp³-hybridized carbons (Fsp3) is 0.0455. The first-order chi connectivity index (χ1) is 14.5. The average molecular weight is 402 g/mol. The van der Waals surface area contributed by atoms with Crippen LogP contribution < -0.4 is 10.7 Å². The Morgan fingerprint density at radius 3 is 2.23 bits per heavy atom. The molecule has 8 heteroatoms. The number of carbonyl (C=O) groups excluding carboxylic acids is 2. The maximum Gasteiger partial charge on any atom is 0.271 e. The van der Waals surface area contributed by atoms with Crippen LogP contribution in [0, 0.1) is 10.1 Å². The number of rotatable bonds is 7. The Hall–Kier alpha value is -4.33. The van der Waals surface area contributed by atoms with Crippen molar-refractivity contribution in [1.82, 2.24) is 5.43 Å². The largest absolute Gasteiger partial charge is 0.326 e. The molecule has 0 unspecified atom stereocenters. The molecule has 0 heterocycles. The van der Waals surface area contributed by atoms with E-state index in [2.05, 4.69) is 15.8 Å². The Morgan fingerprint density at radius 2 is 1.60 bits per heavy atom. The number of hydrogen-bond acceptors (Lipinski definition) is 5. The van der Waals surface area contributed by atoms with Gasteiger partial charge in [-0.3, -0.25) is 19.7 Å². The van der Waals surface area contributed by atoms with E-state index in [1.807, 2.05) is 30.3 Å². The highest BCUT2D eigenvalue weighted by Crippen LogP contribution is 2.12. The molecule has 3 aromatic rings. The van der Waals surface area contributed by atoms with Crippen molar-refractivity contribution in [3.05, 3.63) is 106 Å². The Morgan fingerprint density at radius 1 is 0.933 bits per heavy atom. The first-order valence-electron chi connectivity index (χ1n) is 9.03. The summed E-state index contributed by atoms with van der Waals surface area (Å²) < 4.78 is 0. The van der Waals surface area contributed by atoms with Crippen molar-refractivity contribution >= 4 is 29.4 Å². The van der Waals surface area contributed by atoms with Crippen molar-refractivity contribution in [2.45, 2.75) is 6.42 Å². The van der Waals surface area contributed by atoms with Gasteiger partial charge in [-0.1, -0.05) is 30.3 Å². The summed E-state index contributed by atoms with van der Waals surface area (Å²) in [5.41, 5.74) is 4.85. The Balaban J connectivity index is 1.51. The second-order valence-corrected chi connectivity index (χ2v) is 6.34. The predicted octanol–water partition coefficient (Wildman–Crippen LogP) is 3.54. The number of carbonyl (C=O) groups is 2. The lowest BCUT2D eigenvalue weighted by Crippen LogP contribution is -2.18. The normalized spacial score (nSPS) is 10.5. The molecule has 150 valence electrons. The number of nitrogens with one attached hydrogen (secondary N) is 2. The van der Waals surface area contributed by atoms with E-state index in [-0.39, 0.29) is 18.0 Å². The maximum atomic E-state index is 12.2. The fourth-order valence-electron chi connectivity index (χ4n) is 2.60. The zero-order valence-corrected chi connectivity index (χ0v) is 15.8. The van der Waals surface area contributed by atoms with Gasteiger partial charge in [-0.15, -0.1) is 0 Å². The van der Waals surface area contributed by atoms with Crippen LogP contribution >= 0.6 is 0 Å². The summed E-state index contributed by atoms with van der Waals surface area (Å²) in [6.07, 6.45) is 1.65. The highest BCUT2D eigenvalue weighted by atomic mass is 16.6. The molecule has 0 radical (unpaired) electrons. The SMILES string of the molecule is O=C(Cc1ccccc1)Nc1ccc(C(=O)N/N=C\c2ccc([N+](=O)[O-])cc2)cc1. The van der Waals surface area contributed by atoms with Gasteiger partial charge in [-0.25, -0.2) is 5.43 Å². The number of nitrogens with zero attached hydrogens (tertiary/aromatic N) is 2. The fourth-order valence-corrected chi connectivity index (χ4v) is 2.60. The lowest BCUT2D eigenvalue weighted by molar-refractivity contribution is -0.384. The summed E-state index contributed by atoms with van der Waals surface area (Å²) in [6, 6.07) is 21.6. The van der Waals surface area contributed by atoms with E-state index in [1.165, 1.54) is 30.5 Å². The molecule has 0 atom stereocenters. The molecule has 3 rings (SSSR count). The summed E-state index contributed by atoms with van der Waals surface area (Å²) >= 11 is 0. The van der Waals surface area contributed by atoms with E-state index in [0.717, 1.165) is 5.56 Å². The van der Waals surface area contributed by atoms with Gasteiger partial charge >= 0.3 is 0 Å². The van der Waals surface area contributed by atoms with Crippen LogP contribution in [0.15, 0.2) is 84.0 Å². The van der Waals surface area contributed by atoms with Gasteiger partial charge in [0.25, 0.3) is 11.6 Å². The van der Waals surface area contributed by atoms with E-state index >= 15 is 0 Å². The van der Waals surface area contributed by atoms with Crippen LogP contribution in [0.25, 0.3) is 0 Å². The first-order valence-corrected chi connectivity index (χ1v) is 9.03. The van der Waals surface area contributed by atoms with Crippen LogP contribution in [-0.4, -0.2) is 23.0 Å². The van der Waals surface area contributed by atoms with Gasteiger partial charge in [0.15, 0.2) is 0 Å². The molecule has 3 aromatic carbocycles. The molecule has 2 N–H and O–H groups in total. The summed E-state index contributed by atoms with van der Waals surface area (Å²) in [4.78, 5) is 34.4. The molecule has 0 aromatic heterocycles. The van der Waals surface area contributed by atoms with E-state index < -0.39 is 10.8 Å². The average Bonchev–Trinajstić information content (AvgIpc) is 2.75. The lowest BCUT2D eigenvalue weighted by Gasteiger charge is -2.06. The molecule has 8 nitrogen and oxygen atoms in total. The molecular formula is C22H18N4O4. The lowest BCUT2D eigenvalue weighted by atomic mass is 10.1. The molecular weight excluding hydrogens is 384 g/mol. The molecule has 0 aliphatic rings. The zero-order valence-electron chi connectivity index (χ0n) is 15.8. The number of amides is 2. The van der Waals surface area contributed by atoms with Gasteiger partial charge in [0.05, 0.1) is 17.6 Å². The molecule has 0 aliphatic carbocycles. The number of hydrazone groups is 1. The zero-order chi connectivity index (χ0) is 21.3. The minimum atomic E-state index is -0.490. The van der Waals surface area contributed by atoms with E-state index in [1.54, 1.807) is 24.3 Å². The molecule has 2 amide bonds. The van der Waals surface area contributed by atoms with Gasteiger partial charge in [-0.2, -0.15) is 5.10 Å². The summed E-state index contributed by atoms with van der Waals surface area (Å²) in [6.45, 7) is 0. The number of nitro groups is 1. The molecule has 0 saturated carbocycles. The second kappa shape index (κ2) is 9.74. The Kier molecular flexibility index (Phi) is 6.63. The first kappa shape index (κ1) is 20.4. The highest BCUT2D eigenvalue weighted by Gasteiger charge is 2.07. The molecule has 0 bridgehead atoms. The third-order valence-corrected chi connectivity index (χ3v) is 4.12.